The van der Waals surface area contributed by atoms with Crippen molar-refractivity contribution in [1.29, 1.82) is 0 Å². The second kappa shape index (κ2) is 3.65. The van der Waals surface area contributed by atoms with E-state index >= 15 is 0 Å². The molecule has 1 fully saturated rings. The first-order valence-corrected chi connectivity index (χ1v) is 6.90. The third kappa shape index (κ3) is 1.85. The highest BCUT2D eigenvalue weighted by Crippen LogP contribution is 2.21. The highest BCUT2D eigenvalue weighted by molar-refractivity contribution is 14.1. The second-order valence-corrected chi connectivity index (χ2v) is 6.33. The third-order valence-corrected chi connectivity index (χ3v) is 4.55. The molecule has 0 amide bonds. The molecule has 0 unspecified atom stereocenters. The van der Waals surface area contributed by atoms with Crippen molar-refractivity contribution in [3.63, 3.8) is 0 Å². The third-order valence-electron chi connectivity index (χ3n) is 2.07. The summed E-state index contributed by atoms with van der Waals surface area (Å²) in [4.78, 5) is 4.10. The van der Waals surface area contributed by atoms with Gasteiger partial charge in [0, 0.05) is 16.3 Å². The second-order valence-electron chi connectivity index (χ2n) is 3.08. The SMILES string of the molecule is O=S1(=O)CCCN1c1ccc(I)cn1. The first kappa shape index (κ1) is 10.2. The van der Waals surface area contributed by atoms with Crippen LogP contribution in [0.4, 0.5) is 5.82 Å². The van der Waals surface area contributed by atoms with Crippen molar-refractivity contribution in [2.45, 2.75) is 6.42 Å². The van der Waals surface area contributed by atoms with E-state index in [-0.39, 0.29) is 5.75 Å². The number of hydrogen-bond donors (Lipinski definition) is 0. The monoisotopic (exact) mass is 324 g/mol. The Morgan fingerprint density at radius 2 is 2.21 bits per heavy atom. The number of anilines is 1. The molecular formula is C8H9IN2O2S. The van der Waals surface area contributed by atoms with Crippen LogP contribution in [0, 0.1) is 3.57 Å². The summed E-state index contributed by atoms with van der Waals surface area (Å²) < 4.78 is 25.4. The smallest absolute Gasteiger partial charge is 0.236 e. The molecule has 4 nitrogen and oxygen atoms in total. The van der Waals surface area contributed by atoms with Gasteiger partial charge in [0.2, 0.25) is 10.0 Å². The van der Waals surface area contributed by atoms with Crippen LogP contribution in [0.2, 0.25) is 0 Å². The minimum Gasteiger partial charge on any atom is -0.254 e. The molecule has 0 radical (unpaired) electrons. The minimum absolute atomic E-state index is 0.237. The molecule has 1 aliphatic rings. The van der Waals surface area contributed by atoms with E-state index in [1.54, 1.807) is 12.3 Å². The number of hydrogen-bond acceptors (Lipinski definition) is 3. The summed E-state index contributed by atoms with van der Waals surface area (Å²) in [5.41, 5.74) is 0. The first-order chi connectivity index (χ1) is 6.59. The maximum atomic E-state index is 11.5. The van der Waals surface area contributed by atoms with Crippen molar-refractivity contribution in [3.8, 4) is 0 Å². The number of nitrogens with zero attached hydrogens (tertiary/aromatic N) is 2. The maximum absolute atomic E-state index is 11.5. The topological polar surface area (TPSA) is 50.3 Å². The van der Waals surface area contributed by atoms with Gasteiger partial charge in [0.05, 0.1) is 5.75 Å². The number of sulfonamides is 1. The molecule has 0 N–H and O–H groups in total. The summed E-state index contributed by atoms with van der Waals surface area (Å²) in [7, 11) is -3.08. The molecule has 0 atom stereocenters. The van der Waals surface area contributed by atoms with Crippen LogP contribution in [0.3, 0.4) is 0 Å². The van der Waals surface area contributed by atoms with Crippen LogP contribution >= 0.6 is 22.6 Å². The van der Waals surface area contributed by atoms with Gasteiger partial charge in [0.15, 0.2) is 0 Å². The quantitative estimate of drug-likeness (QED) is 0.730. The Kier molecular flexibility index (Phi) is 2.65. The lowest BCUT2D eigenvalue weighted by molar-refractivity contribution is 0.599. The summed E-state index contributed by atoms with van der Waals surface area (Å²) in [5.74, 6) is 0.767. The van der Waals surface area contributed by atoms with Crippen LogP contribution < -0.4 is 4.31 Å². The predicted octanol–water partition coefficient (Wildman–Crippen LogP) is 1.23. The van der Waals surface area contributed by atoms with Crippen molar-refractivity contribution in [3.05, 3.63) is 21.9 Å². The number of rotatable bonds is 1. The molecule has 2 rings (SSSR count). The summed E-state index contributed by atoms with van der Waals surface area (Å²) in [6.45, 7) is 0.552. The summed E-state index contributed by atoms with van der Waals surface area (Å²) in [6.07, 6.45) is 2.36. The molecule has 0 spiro atoms. The Hall–Kier alpha value is -0.370. The molecule has 0 bridgehead atoms. The Morgan fingerprint density at radius 1 is 1.43 bits per heavy atom. The zero-order chi connectivity index (χ0) is 10.2. The summed E-state index contributed by atoms with van der Waals surface area (Å²) >= 11 is 2.14. The molecular weight excluding hydrogens is 315 g/mol. The van der Waals surface area contributed by atoms with E-state index in [1.165, 1.54) is 4.31 Å². The predicted molar refractivity (Wildman–Crippen MR) is 62.7 cm³/mol. The summed E-state index contributed by atoms with van der Waals surface area (Å²) in [6, 6.07) is 3.60. The fourth-order valence-corrected chi connectivity index (χ4v) is 3.25. The Bertz CT molecular complexity index is 429. The fourth-order valence-electron chi connectivity index (χ4n) is 1.41. The number of aromatic nitrogens is 1. The molecule has 76 valence electrons. The van der Waals surface area contributed by atoms with Crippen LogP contribution in [-0.2, 0) is 10.0 Å². The van der Waals surface area contributed by atoms with E-state index in [2.05, 4.69) is 27.6 Å². The average Bonchev–Trinajstić information content (AvgIpc) is 2.47. The van der Waals surface area contributed by atoms with E-state index in [9.17, 15) is 8.42 Å². The van der Waals surface area contributed by atoms with E-state index in [0.29, 0.717) is 18.8 Å². The number of pyridine rings is 1. The molecule has 1 aliphatic heterocycles. The van der Waals surface area contributed by atoms with Gasteiger partial charge in [-0.3, -0.25) is 4.31 Å². The van der Waals surface area contributed by atoms with Crippen molar-refractivity contribution >= 4 is 38.4 Å². The van der Waals surface area contributed by atoms with Gasteiger partial charge in [-0.15, -0.1) is 0 Å². The zero-order valence-corrected chi connectivity index (χ0v) is 10.3. The Balaban J connectivity index is 2.36. The Morgan fingerprint density at radius 3 is 2.71 bits per heavy atom. The highest BCUT2D eigenvalue weighted by atomic mass is 127. The van der Waals surface area contributed by atoms with Gasteiger partial charge in [-0.2, -0.15) is 0 Å². The van der Waals surface area contributed by atoms with E-state index in [0.717, 1.165) is 3.57 Å². The molecule has 1 aromatic rings. The molecule has 0 aliphatic carbocycles. The van der Waals surface area contributed by atoms with Gasteiger partial charge in [0.25, 0.3) is 0 Å². The van der Waals surface area contributed by atoms with Gasteiger partial charge in [-0.05, 0) is 41.1 Å². The molecule has 1 aromatic heterocycles. The van der Waals surface area contributed by atoms with Crippen molar-refractivity contribution < 1.29 is 8.42 Å². The highest BCUT2D eigenvalue weighted by Gasteiger charge is 2.28. The normalized spacial score (nSPS) is 19.9. The maximum Gasteiger partial charge on any atom is 0.236 e. The lowest BCUT2D eigenvalue weighted by Crippen LogP contribution is -2.25. The Labute approximate surface area is 96.5 Å². The summed E-state index contributed by atoms with van der Waals surface area (Å²) in [5, 5.41) is 0. The van der Waals surface area contributed by atoms with E-state index < -0.39 is 10.0 Å². The zero-order valence-electron chi connectivity index (χ0n) is 7.35. The standard InChI is InChI=1S/C8H9IN2O2S/c9-7-2-3-8(10-6-7)11-4-1-5-14(11,12)13/h2-3,6H,1,4-5H2. The molecule has 0 aromatic carbocycles. The van der Waals surface area contributed by atoms with Crippen LogP contribution in [0.5, 0.6) is 0 Å². The van der Waals surface area contributed by atoms with Crippen LogP contribution in [-0.4, -0.2) is 25.7 Å². The molecule has 6 heteroatoms. The van der Waals surface area contributed by atoms with Gasteiger partial charge < -0.3 is 0 Å². The largest absolute Gasteiger partial charge is 0.254 e. The van der Waals surface area contributed by atoms with Crippen LogP contribution in [0.15, 0.2) is 18.3 Å². The van der Waals surface area contributed by atoms with Crippen LogP contribution in [0.1, 0.15) is 6.42 Å². The molecule has 14 heavy (non-hydrogen) atoms. The van der Waals surface area contributed by atoms with Crippen molar-refractivity contribution in [2.24, 2.45) is 0 Å². The van der Waals surface area contributed by atoms with Gasteiger partial charge in [0.1, 0.15) is 5.82 Å². The van der Waals surface area contributed by atoms with Crippen molar-refractivity contribution in [1.82, 2.24) is 4.98 Å². The van der Waals surface area contributed by atoms with Gasteiger partial charge >= 0.3 is 0 Å². The van der Waals surface area contributed by atoms with Crippen LogP contribution in [0.25, 0.3) is 0 Å². The minimum atomic E-state index is -3.08. The van der Waals surface area contributed by atoms with E-state index in [1.807, 2.05) is 6.07 Å². The van der Waals surface area contributed by atoms with Gasteiger partial charge in [-0.25, -0.2) is 13.4 Å². The first-order valence-electron chi connectivity index (χ1n) is 4.21. The lowest BCUT2D eigenvalue weighted by Gasteiger charge is -2.14. The van der Waals surface area contributed by atoms with Gasteiger partial charge in [-0.1, -0.05) is 0 Å². The number of halogens is 1. The lowest BCUT2D eigenvalue weighted by atomic mass is 10.4. The molecule has 2 heterocycles. The van der Waals surface area contributed by atoms with Crippen molar-refractivity contribution in [2.75, 3.05) is 16.6 Å². The average molecular weight is 324 g/mol. The molecule has 1 saturated heterocycles. The fraction of sp³-hybridized carbons (Fsp3) is 0.375. The van der Waals surface area contributed by atoms with E-state index in [4.69, 9.17) is 0 Å². The molecule has 0 saturated carbocycles.